The van der Waals surface area contributed by atoms with Crippen LogP contribution in [0.15, 0.2) is 0 Å². The fourth-order valence-electron chi connectivity index (χ4n) is 0. The second-order valence-corrected chi connectivity index (χ2v) is 0.250. The van der Waals surface area contributed by atoms with E-state index in [0.29, 0.717) is 0 Å². The molecule has 0 aromatic rings. The number of carbonyl (C=O) groups is 1. The first-order chi connectivity index (χ1) is 1.73. The summed E-state index contributed by atoms with van der Waals surface area (Å²) in [5.41, 5.74) is 0. The Labute approximate surface area is 109 Å². The van der Waals surface area contributed by atoms with Crippen LogP contribution in [0.3, 0.4) is 0 Å². The number of carbonyl (C=O) groups excluding carboxylic acids is 1. The zero-order chi connectivity index (χ0) is 3.58. The van der Waals surface area contributed by atoms with E-state index in [1.165, 1.54) is 0 Å². The SMILES string of the molecule is O=C([O-])[O-].[Ca+2].[O-2].[O-2].[Ti+4].[Zn+2]. The molecule has 0 saturated heterocycles. The predicted molar refractivity (Wildman–Crippen MR) is 12.5 cm³/mol. The first kappa shape index (κ1) is 45.1. The molecule has 0 fully saturated rings. The summed E-state index contributed by atoms with van der Waals surface area (Å²) in [7, 11) is 0. The number of rotatable bonds is 0. The van der Waals surface area contributed by atoms with Crippen molar-refractivity contribution in [3.63, 3.8) is 0 Å². The van der Waals surface area contributed by atoms with Gasteiger partial charge in [-0.1, -0.05) is 0 Å². The van der Waals surface area contributed by atoms with Crippen LogP contribution in [0, 0.1) is 0 Å². The molecule has 5 nitrogen and oxygen atoms in total. The Morgan fingerprint density at radius 3 is 1.11 bits per heavy atom. The Morgan fingerprint density at radius 2 is 1.11 bits per heavy atom. The van der Waals surface area contributed by atoms with Crippen LogP contribution < -0.4 is 10.2 Å². The quantitative estimate of drug-likeness (QED) is 0.421. The minimum absolute atomic E-state index is 0. The molecule has 0 aliphatic carbocycles. The fraction of sp³-hybridized carbons (Fsp3) is 0. The van der Waals surface area contributed by atoms with E-state index in [-0.39, 0.29) is 89.9 Å². The van der Waals surface area contributed by atoms with Gasteiger partial charge in [-0.25, -0.2) is 0 Å². The molecule has 0 aromatic carbocycles. The van der Waals surface area contributed by atoms with Gasteiger partial charge in [0.2, 0.25) is 0 Å². The van der Waals surface area contributed by atoms with Crippen LogP contribution in [-0.2, 0) is 52.1 Å². The first-order valence-corrected chi connectivity index (χ1v) is 0.612. The van der Waals surface area contributed by atoms with Crippen molar-refractivity contribution >= 4 is 43.9 Å². The second kappa shape index (κ2) is 33.0. The summed E-state index contributed by atoms with van der Waals surface area (Å²) in [5, 5.41) is 16.7. The van der Waals surface area contributed by atoms with Crippen LogP contribution in [0.4, 0.5) is 4.79 Å². The topological polar surface area (TPSA) is 120 Å². The summed E-state index contributed by atoms with van der Waals surface area (Å²) in [4.78, 5) is 8.33. The molecule has 0 spiro atoms. The monoisotopic (exact) mass is 244 g/mol. The zero-order valence-corrected chi connectivity index (χ0v) is 11.2. The van der Waals surface area contributed by atoms with E-state index in [2.05, 4.69) is 0 Å². The van der Waals surface area contributed by atoms with Crippen molar-refractivity contribution in [2.24, 2.45) is 0 Å². The van der Waals surface area contributed by atoms with Gasteiger partial charge in [0, 0.05) is 0 Å². The molecule has 0 aromatic heterocycles. The van der Waals surface area contributed by atoms with E-state index >= 15 is 0 Å². The van der Waals surface area contributed by atoms with Crippen molar-refractivity contribution in [2.45, 2.75) is 0 Å². The molecule has 0 bridgehead atoms. The van der Waals surface area contributed by atoms with E-state index in [4.69, 9.17) is 15.0 Å². The molecule has 0 aliphatic heterocycles. The number of carboxylic acid groups (broad SMARTS) is 2. The molecule has 0 saturated carbocycles. The van der Waals surface area contributed by atoms with Crippen LogP contribution >= 0.6 is 0 Å². The Morgan fingerprint density at radius 1 is 1.11 bits per heavy atom. The summed E-state index contributed by atoms with van der Waals surface area (Å²) >= 11 is 0. The summed E-state index contributed by atoms with van der Waals surface area (Å²) in [6.45, 7) is 0. The van der Waals surface area contributed by atoms with Gasteiger partial charge in [-0.05, 0) is 6.16 Å². The third-order valence-electron chi connectivity index (χ3n) is 0. The van der Waals surface area contributed by atoms with Gasteiger partial charge in [0.25, 0.3) is 0 Å². The van der Waals surface area contributed by atoms with Gasteiger partial charge in [0.1, 0.15) is 0 Å². The second-order valence-electron chi connectivity index (χ2n) is 0.250. The molecule has 0 amide bonds. The number of hydrogen-bond donors (Lipinski definition) is 0. The Kier molecular flexibility index (Phi) is 165. The van der Waals surface area contributed by atoms with Gasteiger partial charge in [-0.15, -0.1) is 0 Å². The molecule has 0 heterocycles. The third kappa shape index (κ3) is 186. The van der Waals surface area contributed by atoms with Crippen molar-refractivity contribution < 1.29 is 67.2 Å². The maximum absolute atomic E-state index is 8.33. The van der Waals surface area contributed by atoms with Crippen molar-refractivity contribution in [3.05, 3.63) is 0 Å². The first-order valence-electron chi connectivity index (χ1n) is 0.612. The fourth-order valence-corrected chi connectivity index (χ4v) is 0. The molecule has 0 rings (SSSR count). The molecule has 0 radical (unpaired) electrons. The molecule has 0 N–H and O–H groups in total. The van der Waals surface area contributed by atoms with Crippen LogP contribution in [0.5, 0.6) is 0 Å². The van der Waals surface area contributed by atoms with Crippen LogP contribution in [-0.4, -0.2) is 43.9 Å². The van der Waals surface area contributed by atoms with Crippen molar-refractivity contribution in [2.75, 3.05) is 0 Å². The van der Waals surface area contributed by atoms with Crippen molar-refractivity contribution in [1.82, 2.24) is 0 Å². The predicted octanol–water partition coefficient (Wildman–Crippen LogP) is -3.07. The van der Waals surface area contributed by atoms with Gasteiger partial charge in [0.05, 0.1) is 0 Å². The normalized spacial score (nSPS) is 2.67. The summed E-state index contributed by atoms with van der Waals surface area (Å²) in [6.07, 6.45) is -2.33. The minimum atomic E-state index is -2.33. The van der Waals surface area contributed by atoms with E-state index in [1.807, 2.05) is 0 Å². The van der Waals surface area contributed by atoms with Gasteiger partial charge in [-0.2, -0.15) is 0 Å². The largest absolute Gasteiger partial charge is 4.00 e. The summed E-state index contributed by atoms with van der Waals surface area (Å²) in [6, 6.07) is 0. The average molecular weight is 245 g/mol. The molecule has 8 heteroatoms. The minimum Gasteiger partial charge on any atom is -2.00 e. The molecule has 9 heavy (non-hydrogen) atoms. The van der Waals surface area contributed by atoms with E-state index in [1.54, 1.807) is 0 Å². The standard InChI is InChI=1S/CH2O3.Ca.2O.Ti.Zn/c2-1(3)4;;;;;/h(H2,2,3,4);;;;;/q;+2;2*-2;+4;+2/p-2. The van der Waals surface area contributed by atoms with E-state index in [0.717, 1.165) is 0 Å². The summed E-state index contributed by atoms with van der Waals surface area (Å²) in [5.74, 6) is 0. The Bertz CT molecular complexity index is 39.9. The Balaban J connectivity index is -0.00000000450. The van der Waals surface area contributed by atoms with Crippen molar-refractivity contribution in [1.29, 1.82) is 0 Å². The van der Waals surface area contributed by atoms with E-state index < -0.39 is 6.16 Å². The average Bonchev–Trinajstić information content (AvgIpc) is 0.811. The Hall–Kier alpha value is 1.79. The van der Waals surface area contributed by atoms with Crippen LogP contribution in [0.25, 0.3) is 0 Å². The van der Waals surface area contributed by atoms with Crippen LogP contribution in [0.1, 0.15) is 0 Å². The molecule has 0 aliphatic rings. The maximum Gasteiger partial charge on any atom is 4.00 e. The molecule has 40 valence electrons. The van der Waals surface area contributed by atoms with Gasteiger partial charge >= 0.3 is 78.9 Å². The molecule has 0 atom stereocenters. The smallest absolute Gasteiger partial charge is 2.00 e. The molecular weight excluding hydrogens is 245 g/mol. The van der Waals surface area contributed by atoms with Crippen LogP contribution in [0.2, 0.25) is 0 Å². The molecule has 0 unspecified atom stereocenters. The zero-order valence-electron chi connectivity index (χ0n) is 4.46. The maximum atomic E-state index is 8.33. The van der Waals surface area contributed by atoms with Crippen molar-refractivity contribution in [3.8, 4) is 0 Å². The molecular formula is CCaO5TiZn+2. The van der Waals surface area contributed by atoms with Gasteiger partial charge in [-0.3, -0.25) is 0 Å². The number of hydrogen-bond acceptors (Lipinski definition) is 3. The van der Waals surface area contributed by atoms with Gasteiger partial charge < -0.3 is 26.0 Å². The third-order valence-corrected chi connectivity index (χ3v) is 0. The van der Waals surface area contributed by atoms with Gasteiger partial charge in [0.15, 0.2) is 0 Å². The summed E-state index contributed by atoms with van der Waals surface area (Å²) < 4.78 is 0. The van der Waals surface area contributed by atoms with E-state index in [9.17, 15) is 0 Å².